The van der Waals surface area contributed by atoms with Gasteiger partial charge in [0.25, 0.3) is 11.5 Å². The number of amides is 1. The molecule has 2 fully saturated rings. The lowest BCUT2D eigenvalue weighted by Gasteiger charge is -2.42. The van der Waals surface area contributed by atoms with Crippen molar-refractivity contribution in [3.63, 3.8) is 0 Å². The number of thiocarbonyl (C=S) groups is 1. The van der Waals surface area contributed by atoms with Crippen molar-refractivity contribution in [3.8, 4) is 0 Å². The summed E-state index contributed by atoms with van der Waals surface area (Å²) in [5, 5.41) is 0. The lowest BCUT2D eigenvalue weighted by atomic mass is 9.83. The first-order chi connectivity index (χ1) is 12.6. The van der Waals surface area contributed by atoms with Crippen LogP contribution in [0.1, 0.15) is 37.8 Å². The maximum Gasteiger partial charge on any atom is 0.267 e. The molecule has 0 aliphatic carbocycles. The average molecular weight is 390 g/mol. The summed E-state index contributed by atoms with van der Waals surface area (Å²) in [6, 6.07) is 5.56. The number of carbonyl (C=O) groups excluding carboxylic acids is 1. The van der Waals surface area contributed by atoms with Gasteiger partial charge in [0.1, 0.15) is 4.32 Å². The standard InChI is InChI=1S/C19H23N3O2S2/c1-2-3-7-21-18(24)16(26-19(21)25)12-20-9-13-8-14(11-20)15-5-4-6-17(23)22(15)10-13/h4-6,12-14H,2-3,7-11H2,1H3/b16-12-/t13-,14-/m0/s1. The van der Waals surface area contributed by atoms with E-state index in [1.54, 1.807) is 11.0 Å². The van der Waals surface area contributed by atoms with Crippen LogP contribution in [-0.4, -0.2) is 44.2 Å². The number of hydrogen-bond donors (Lipinski definition) is 0. The highest BCUT2D eigenvalue weighted by Gasteiger charge is 2.36. The predicted molar refractivity (Wildman–Crippen MR) is 108 cm³/mol. The molecule has 0 N–H and O–H groups in total. The van der Waals surface area contributed by atoms with Crippen LogP contribution in [-0.2, 0) is 11.3 Å². The van der Waals surface area contributed by atoms with Crippen LogP contribution < -0.4 is 5.56 Å². The molecule has 7 heteroatoms. The second kappa shape index (κ2) is 7.19. The van der Waals surface area contributed by atoms with E-state index >= 15 is 0 Å². The smallest absolute Gasteiger partial charge is 0.267 e. The maximum absolute atomic E-state index is 12.7. The van der Waals surface area contributed by atoms with E-state index in [1.165, 1.54) is 11.8 Å². The molecule has 138 valence electrons. The highest BCUT2D eigenvalue weighted by atomic mass is 32.2. The normalized spacial score (nSPS) is 26.6. The number of piperidine rings is 1. The van der Waals surface area contributed by atoms with Gasteiger partial charge in [0.15, 0.2) is 0 Å². The molecule has 2 atom stereocenters. The van der Waals surface area contributed by atoms with Crippen molar-refractivity contribution in [2.45, 2.75) is 38.6 Å². The molecule has 0 unspecified atom stereocenters. The molecular formula is C19H23N3O2S2. The summed E-state index contributed by atoms with van der Waals surface area (Å²) in [5.41, 5.74) is 1.23. The second-order valence-corrected chi connectivity index (χ2v) is 9.00. The highest BCUT2D eigenvalue weighted by molar-refractivity contribution is 8.26. The highest BCUT2D eigenvalue weighted by Crippen LogP contribution is 2.37. The number of rotatable bonds is 4. The Morgan fingerprint density at radius 3 is 2.92 bits per heavy atom. The Kier molecular flexibility index (Phi) is 4.92. The lowest BCUT2D eigenvalue weighted by Crippen LogP contribution is -2.45. The molecule has 0 aromatic carbocycles. The summed E-state index contributed by atoms with van der Waals surface area (Å²) in [4.78, 5) is 29.5. The molecule has 2 saturated heterocycles. The molecule has 1 aromatic heterocycles. The van der Waals surface area contributed by atoms with Crippen LogP contribution >= 0.6 is 24.0 Å². The Morgan fingerprint density at radius 2 is 2.12 bits per heavy atom. The molecule has 5 nitrogen and oxygen atoms in total. The van der Waals surface area contributed by atoms with Crippen LogP contribution in [0.2, 0.25) is 0 Å². The van der Waals surface area contributed by atoms with Gasteiger partial charge in [-0.3, -0.25) is 14.5 Å². The van der Waals surface area contributed by atoms with Crippen molar-refractivity contribution in [2.75, 3.05) is 19.6 Å². The van der Waals surface area contributed by atoms with E-state index in [1.807, 2.05) is 16.8 Å². The van der Waals surface area contributed by atoms with E-state index in [-0.39, 0.29) is 11.5 Å². The van der Waals surface area contributed by atoms with Crippen molar-refractivity contribution in [1.29, 1.82) is 0 Å². The van der Waals surface area contributed by atoms with Crippen molar-refractivity contribution < 1.29 is 4.79 Å². The van der Waals surface area contributed by atoms with Crippen molar-refractivity contribution in [3.05, 3.63) is 45.4 Å². The fourth-order valence-electron chi connectivity index (χ4n) is 4.20. The molecule has 3 aliphatic heterocycles. The van der Waals surface area contributed by atoms with Gasteiger partial charge in [0, 0.05) is 50.1 Å². The number of carbonyl (C=O) groups is 1. The van der Waals surface area contributed by atoms with Gasteiger partial charge in [-0.15, -0.1) is 0 Å². The summed E-state index contributed by atoms with van der Waals surface area (Å²) < 4.78 is 2.60. The van der Waals surface area contributed by atoms with Crippen molar-refractivity contribution in [2.24, 2.45) is 5.92 Å². The summed E-state index contributed by atoms with van der Waals surface area (Å²) in [6.45, 7) is 5.33. The summed E-state index contributed by atoms with van der Waals surface area (Å²) in [5.74, 6) is 0.835. The zero-order chi connectivity index (χ0) is 18.3. The third-order valence-corrected chi connectivity index (χ3v) is 6.78. The Morgan fingerprint density at radius 1 is 1.27 bits per heavy atom. The van der Waals surface area contributed by atoms with Crippen molar-refractivity contribution in [1.82, 2.24) is 14.4 Å². The van der Waals surface area contributed by atoms with E-state index < -0.39 is 0 Å². The van der Waals surface area contributed by atoms with E-state index in [0.717, 1.165) is 49.5 Å². The Bertz CT molecular complexity index is 832. The molecule has 1 amide bonds. The van der Waals surface area contributed by atoms with Crippen LogP contribution in [0.5, 0.6) is 0 Å². The Balaban J connectivity index is 1.53. The minimum Gasteiger partial charge on any atom is -0.375 e. The van der Waals surface area contributed by atoms with Gasteiger partial charge in [0.2, 0.25) is 0 Å². The van der Waals surface area contributed by atoms with Crippen molar-refractivity contribution >= 4 is 34.2 Å². The van der Waals surface area contributed by atoms with Crippen LogP contribution in [0.3, 0.4) is 0 Å². The second-order valence-electron chi connectivity index (χ2n) is 7.32. The number of pyridine rings is 1. The zero-order valence-electron chi connectivity index (χ0n) is 14.9. The third kappa shape index (κ3) is 3.22. The first kappa shape index (κ1) is 17.8. The minimum absolute atomic E-state index is 0.0424. The van der Waals surface area contributed by atoms with E-state index in [2.05, 4.69) is 17.9 Å². The average Bonchev–Trinajstić information content (AvgIpc) is 2.87. The number of aromatic nitrogens is 1. The summed E-state index contributed by atoms with van der Waals surface area (Å²) in [6.07, 6.45) is 5.13. The number of thioether (sulfide) groups is 1. The van der Waals surface area contributed by atoms with E-state index in [0.29, 0.717) is 22.7 Å². The molecule has 0 spiro atoms. The molecular weight excluding hydrogens is 366 g/mol. The molecule has 26 heavy (non-hydrogen) atoms. The Labute approximate surface area is 163 Å². The minimum atomic E-state index is 0.0424. The van der Waals surface area contributed by atoms with Gasteiger partial charge >= 0.3 is 0 Å². The van der Waals surface area contributed by atoms with Crippen LogP contribution in [0.4, 0.5) is 0 Å². The molecule has 4 heterocycles. The SMILES string of the molecule is CCCCN1C(=O)/C(=C/N2C[C@@H]3C[C@@H](C2)c2cccc(=O)n2C3)SC1=S. The van der Waals surface area contributed by atoms with Crippen LogP contribution in [0, 0.1) is 5.92 Å². The number of nitrogens with zero attached hydrogens (tertiary/aromatic N) is 3. The molecule has 2 bridgehead atoms. The molecule has 1 aromatic rings. The molecule has 3 aliphatic rings. The predicted octanol–water partition coefficient (Wildman–Crippen LogP) is 2.77. The van der Waals surface area contributed by atoms with Gasteiger partial charge in [0.05, 0.1) is 4.91 Å². The first-order valence-corrected chi connectivity index (χ1v) is 10.5. The van der Waals surface area contributed by atoms with Crippen LogP contribution in [0.25, 0.3) is 0 Å². The van der Waals surface area contributed by atoms with Crippen LogP contribution in [0.15, 0.2) is 34.1 Å². The van der Waals surface area contributed by atoms with Gasteiger partial charge < -0.3 is 9.47 Å². The maximum atomic E-state index is 12.7. The van der Waals surface area contributed by atoms with Gasteiger partial charge in [-0.05, 0) is 24.8 Å². The number of unbranched alkanes of at least 4 members (excludes halogenated alkanes) is 1. The molecule has 0 radical (unpaired) electrons. The topological polar surface area (TPSA) is 45.6 Å². The lowest BCUT2D eigenvalue weighted by molar-refractivity contribution is -0.122. The summed E-state index contributed by atoms with van der Waals surface area (Å²) >= 11 is 6.81. The third-order valence-electron chi connectivity index (χ3n) is 5.42. The molecule has 0 saturated carbocycles. The fraction of sp³-hybridized carbons (Fsp3) is 0.526. The van der Waals surface area contributed by atoms with Gasteiger partial charge in [-0.25, -0.2) is 0 Å². The number of hydrogen-bond acceptors (Lipinski definition) is 5. The van der Waals surface area contributed by atoms with Gasteiger partial charge in [-0.1, -0.05) is 43.4 Å². The summed E-state index contributed by atoms with van der Waals surface area (Å²) in [7, 11) is 0. The Hall–Kier alpha value is -1.60. The monoisotopic (exact) mass is 389 g/mol. The van der Waals surface area contributed by atoms with E-state index in [9.17, 15) is 9.59 Å². The fourth-order valence-corrected chi connectivity index (χ4v) is 5.52. The zero-order valence-corrected chi connectivity index (χ0v) is 16.5. The first-order valence-electron chi connectivity index (χ1n) is 9.26. The number of likely N-dealkylation sites (tertiary alicyclic amines) is 1. The number of fused-ring (bicyclic) bond motifs is 4. The largest absolute Gasteiger partial charge is 0.375 e. The quantitative estimate of drug-likeness (QED) is 0.585. The van der Waals surface area contributed by atoms with Gasteiger partial charge in [-0.2, -0.15) is 0 Å². The van der Waals surface area contributed by atoms with E-state index in [4.69, 9.17) is 12.2 Å². The molecule has 4 rings (SSSR count).